The summed E-state index contributed by atoms with van der Waals surface area (Å²) in [4.78, 5) is 28.3. The van der Waals surface area contributed by atoms with Crippen molar-refractivity contribution in [3.05, 3.63) is 46.4 Å². The highest BCUT2D eigenvalue weighted by Gasteiger charge is 2.18. The Hall–Kier alpha value is -2.25. The minimum atomic E-state index is -0.660. The maximum Gasteiger partial charge on any atom is 0.271 e. The Balaban J connectivity index is 1.91. The summed E-state index contributed by atoms with van der Waals surface area (Å²) in [6.07, 6.45) is 0.641. The van der Waals surface area contributed by atoms with Gasteiger partial charge in [-0.1, -0.05) is 18.2 Å². The van der Waals surface area contributed by atoms with Gasteiger partial charge in [0, 0.05) is 17.5 Å². The third-order valence-electron chi connectivity index (χ3n) is 2.92. The number of hydrogen-bond donors (Lipinski definition) is 3. The largest absolute Gasteiger partial charge is 0.339 e. The molecule has 1 unspecified atom stereocenters. The fourth-order valence-electron chi connectivity index (χ4n) is 1.76. The molecule has 0 aliphatic heterocycles. The lowest BCUT2D eigenvalue weighted by Gasteiger charge is -2.13. The number of benzene rings is 1. The molecule has 22 heavy (non-hydrogen) atoms. The predicted octanol–water partition coefficient (Wildman–Crippen LogP) is 1.40. The number of para-hydroxylation sites is 1. The average molecular weight is 318 g/mol. The number of nitrogens with one attached hydrogen (secondary N) is 2. The van der Waals surface area contributed by atoms with Gasteiger partial charge in [-0.2, -0.15) is 0 Å². The number of amides is 2. The molecule has 7 heteroatoms. The van der Waals surface area contributed by atoms with Crippen molar-refractivity contribution in [1.82, 2.24) is 10.3 Å². The molecule has 0 saturated carbocycles. The smallest absolute Gasteiger partial charge is 0.271 e. The Morgan fingerprint density at radius 3 is 2.73 bits per heavy atom. The molecule has 0 aliphatic carbocycles. The van der Waals surface area contributed by atoms with Gasteiger partial charge in [-0.05, 0) is 25.6 Å². The number of anilines is 1. The topological polar surface area (TPSA) is 97.1 Å². The van der Waals surface area contributed by atoms with Crippen molar-refractivity contribution in [2.45, 2.75) is 19.4 Å². The van der Waals surface area contributed by atoms with E-state index in [0.717, 1.165) is 5.01 Å². The van der Waals surface area contributed by atoms with E-state index in [-0.39, 0.29) is 11.8 Å². The molecule has 1 heterocycles. The van der Waals surface area contributed by atoms with Crippen molar-refractivity contribution < 1.29 is 9.59 Å². The van der Waals surface area contributed by atoms with Crippen LogP contribution in [-0.2, 0) is 11.2 Å². The summed E-state index contributed by atoms with van der Waals surface area (Å²) in [5, 5.41) is 7.85. The zero-order chi connectivity index (χ0) is 15.9. The number of rotatable bonds is 6. The van der Waals surface area contributed by atoms with Gasteiger partial charge < -0.3 is 16.4 Å². The molecule has 1 aromatic heterocycles. The van der Waals surface area contributed by atoms with E-state index in [0.29, 0.717) is 24.3 Å². The normalized spacial score (nSPS) is 11.7. The van der Waals surface area contributed by atoms with Crippen LogP contribution in [0.2, 0.25) is 0 Å². The van der Waals surface area contributed by atoms with E-state index in [9.17, 15) is 9.59 Å². The van der Waals surface area contributed by atoms with Crippen molar-refractivity contribution in [3.63, 3.8) is 0 Å². The van der Waals surface area contributed by atoms with Crippen LogP contribution in [0.15, 0.2) is 35.7 Å². The molecule has 1 aromatic carbocycles. The van der Waals surface area contributed by atoms with Gasteiger partial charge in [-0.3, -0.25) is 9.59 Å². The van der Waals surface area contributed by atoms with Crippen LogP contribution < -0.4 is 16.4 Å². The Bertz CT molecular complexity index is 642. The number of hydrogen-bond acceptors (Lipinski definition) is 5. The Morgan fingerprint density at radius 1 is 1.32 bits per heavy atom. The first-order valence-electron chi connectivity index (χ1n) is 6.91. The molecule has 0 aliphatic rings. The summed E-state index contributed by atoms with van der Waals surface area (Å²) in [5.74, 6) is -0.646. The van der Waals surface area contributed by atoms with Gasteiger partial charge in [-0.15, -0.1) is 11.3 Å². The van der Waals surface area contributed by atoms with E-state index in [2.05, 4.69) is 15.6 Å². The Kier molecular flexibility index (Phi) is 5.62. The molecule has 0 fully saturated rings. The first-order valence-corrected chi connectivity index (χ1v) is 7.79. The number of nitrogens with zero attached hydrogens (tertiary/aromatic N) is 1. The lowest BCUT2D eigenvalue weighted by Crippen LogP contribution is -2.41. The van der Waals surface area contributed by atoms with Crippen LogP contribution >= 0.6 is 11.3 Å². The monoisotopic (exact) mass is 318 g/mol. The zero-order valence-electron chi connectivity index (χ0n) is 12.2. The number of carbonyl (C=O) groups is 2. The van der Waals surface area contributed by atoms with Gasteiger partial charge in [0.2, 0.25) is 5.91 Å². The van der Waals surface area contributed by atoms with Crippen LogP contribution in [0.25, 0.3) is 0 Å². The lowest BCUT2D eigenvalue weighted by molar-refractivity contribution is -0.117. The molecule has 116 valence electrons. The van der Waals surface area contributed by atoms with Crippen molar-refractivity contribution >= 4 is 28.8 Å². The maximum atomic E-state index is 12.1. The first kappa shape index (κ1) is 16.1. The lowest BCUT2D eigenvalue weighted by atomic mass is 10.2. The standard InChI is InChI=1S/C15H18N4O2S/c1-10(14(20)18-11-5-3-2-4-6-11)17-15(21)12-9-22-13(19-12)7-8-16/h2-6,9-10H,7-8,16H2,1H3,(H,17,21)(H,18,20). The fraction of sp³-hybridized carbons (Fsp3) is 0.267. The van der Waals surface area contributed by atoms with Crippen LogP contribution in [0.4, 0.5) is 5.69 Å². The molecule has 0 bridgehead atoms. The quantitative estimate of drug-likeness (QED) is 0.750. The molecule has 1 atom stereocenters. The minimum Gasteiger partial charge on any atom is -0.339 e. The van der Waals surface area contributed by atoms with Crippen LogP contribution in [0.1, 0.15) is 22.4 Å². The summed E-state index contributed by atoms with van der Waals surface area (Å²) < 4.78 is 0. The van der Waals surface area contributed by atoms with E-state index in [1.165, 1.54) is 11.3 Å². The first-order chi connectivity index (χ1) is 10.6. The second kappa shape index (κ2) is 7.67. The van der Waals surface area contributed by atoms with E-state index in [4.69, 9.17) is 5.73 Å². The molecule has 6 nitrogen and oxygen atoms in total. The summed E-state index contributed by atoms with van der Waals surface area (Å²) in [6, 6.07) is 8.42. The van der Waals surface area contributed by atoms with Crippen LogP contribution in [-0.4, -0.2) is 29.4 Å². The highest BCUT2D eigenvalue weighted by Crippen LogP contribution is 2.10. The van der Waals surface area contributed by atoms with Gasteiger partial charge in [-0.25, -0.2) is 4.98 Å². The van der Waals surface area contributed by atoms with Gasteiger partial charge in [0.05, 0.1) is 5.01 Å². The summed E-state index contributed by atoms with van der Waals surface area (Å²) in [5.41, 5.74) is 6.45. The zero-order valence-corrected chi connectivity index (χ0v) is 13.0. The second-order valence-electron chi connectivity index (χ2n) is 4.72. The third kappa shape index (κ3) is 4.37. The van der Waals surface area contributed by atoms with E-state index in [1.807, 2.05) is 18.2 Å². The fourth-order valence-corrected chi connectivity index (χ4v) is 2.56. The summed E-state index contributed by atoms with van der Waals surface area (Å²) in [6.45, 7) is 2.12. The molecule has 2 aromatic rings. The highest BCUT2D eigenvalue weighted by atomic mass is 32.1. The molecular formula is C15H18N4O2S. The summed E-state index contributed by atoms with van der Waals surface area (Å²) >= 11 is 1.39. The number of nitrogens with two attached hydrogens (primary N) is 1. The van der Waals surface area contributed by atoms with Gasteiger partial charge in [0.15, 0.2) is 0 Å². The number of aromatic nitrogens is 1. The molecule has 0 saturated heterocycles. The van der Waals surface area contributed by atoms with Crippen LogP contribution in [0.5, 0.6) is 0 Å². The SMILES string of the molecule is CC(NC(=O)c1csc(CCN)n1)C(=O)Nc1ccccc1. The van der Waals surface area contributed by atoms with E-state index < -0.39 is 6.04 Å². The van der Waals surface area contributed by atoms with Crippen LogP contribution in [0, 0.1) is 0 Å². The van der Waals surface area contributed by atoms with Crippen molar-refractivity contribution in [2.24, 2.45) is 5.73 Å². The molecule has 0 radical (unpaired) electrons. The molecule has 2 amide bonds. The molecular weight excluding hydrogens is 300 g/mol. The summed E-state index contributed by atoms with van der Waals surface area (Å²) in [7, 11) is 0. The van der Waals surface area contributed by atoms with E-state index in [1.54, 1.807) is 24.4 Å². The van der Waals surface area contributed by atoms with Crippen molar-refractivity contribution in [3.8, 4) is 0 Å². The number of thiazole rings is 1. The number of carbonyl (C=O) groups excluding carboxylic acids is 2. The van der Waals surface area contributed by atoms with Crippen molar-refractivity contribution in [2.75, 3.05) is 11.9 Å². The molecule has 0 spiro atoms. The predicted molar refractivity (Wildman–Crippen MR) is 86.9 cm³/mol. The third-order valence-corrected chi connectivity index (χ3v) is 3.83. The highest BCUT2D eigenvalue weighted by molar-refractivity contribution is 7.09. The van der Waals surface area contributed by atoms with Gasteiger partial charge in [0.25, 0.3) is 5.91 Å². The average Bonchev–Trinajstić information content (AvgIpc) is 2.97. The van der Waals surface area contributed by atoms with Crippen LogP contribution in [0.3, 0.4) is 0 Å². The Morgan fingerprint density at radius 2 is 2.05 bits per heavy atom. The van der Waals surface area contributed by atoms with Gasteiger partial charge >= 0.3 is 0 Å². The van der Waals surface area contributed by atoms with E-state index >= 15 is 0 Å². The minimum absolute atomic E-state index is 0.281. The van der Waals surface area contributed by atoms with Crippen molar-refractivity contribution in [1.29, 1.82) is 0 Å². The second-order valence-corrected chi connectivity index (χ2v) is 5.66. The molecule has 2 rings (SSSR count). The van der Waals surface area contributed by atoms with Gasteiger partial charge in [0.1, 0.15) is 11.7 Å². The Labute approximate surface area is 132 Å². The molecule has 4 N–H and O–H groups in total. The maximum absolute atomic E-state index is 12.1.